The van der Waals surface area contributed by atoms with Crippen molar-refractivity contribution in [1.82, 2.24) is 4.57 Å². The number of rotatable bonds is 3. The Morgan fingerprint density at radius 3 is 2.62 bits per heavy atom. The zero-order valence-electron chi connectivity index (χ0n) is 13.6. The highest BCUT2D eigenvalue weighted by molar-refractivity contribution is 6.36. The Hall–Kier alpha value is -2.00. The number of carbonyl (C=O) groups is 1. The molecule has 124 valence electrons. The lowest BCUT2D eigenvalue weighted by molar-refractivity contribution is 0.100. The molecule has 1 aliphatic carbocycles. The Kier molecular flexibility index (Phi) is 3.97. The van der Waals surface area contributed by atoms with Crippen molar-refractivity contribution in [1.29, 1.82) is 0 Å². The minimum absolute atomic E-state index is 0.391. The van der Waals surface area contributed by atoms with E-state index in [9.17, 15) is 4.79 Å². The standard InChI is InChI=1S/C20H21ClN2O/c21-16-10-4-8-14-18-15(20(22)24)9-5-11-17(18)23(19(14)16)12-13-6-2-1-3-7-13/h4-5,8-11,13H,1-3,6-7,12H2,(H2,22,24). The van der Waals surface area contributed by atoms with Crippen LogP contribution in [0.1, 0.15) is 42.5 Å². The zero-order chi connectivity index (χ0) is 16.7. The summed E-state index contributed by atoms with van der Waals surface area (Å²) in [6.07, 6.45) is 6.49. The Balaban J connectivity index is 1.99. The lowest BCUT2D eigenvalue weighted by Gasteiger charge is -2.23. The number of fused-ring (bicyclic) bond motifs is 3. The fourth-order valence-corrected chi connectivity index (χ4v) is 4.46. The average molecular weight is 341 g/mol. The van der Waals surface area contributed by atoms with Gasteiger partial charge in [-0.05, 0) is 37.0 Å². The van der Waals surface area contributed by atoms with Gasteiger partial charge in [-0.3, -0.25) is 4.79 Å². The second-order valence-corrected chi connectivity index (χ2v) is 7.22. The number of benzene rings is 2. The van der Waals surface area contributed by atoms with Crippen molar-refractivity contribution < 1.29 is 4.79 Å². The number of nitrogens with zero attached hydrogens (tertiary/aromatic N) is 1. The molecule has 4 heteroatoms. The first-order chi connectivity index (χ1) is 11.7. The minimum atomic E-state index is -0.391. The predicted octanol–water partition coefficient (Wildman–Crippen LogP) is 5.13. The van der Waals surface area contributed by atoms with Crippen LogP contribution in [0, 0.1) is 5.92 Å². The van der Waals surface area contributed by atoms with Gasteiger partial charge < -0.3 is 10.3 Å². The van der Waals surface area contributed by atoms with Crippen LogP contribution in [-0.2, 0) is 6.54 Å². The Morgan fingerprint density at radius 1 is 1.12 bits per heavy atom. The number of aromatic nitrogens is 1. The summed E-state index contributed by atoms with van der Waals surface area (Å²) >= 11 is 6.55. The van der Waals surface area contributed by atoms with Crippen molar-refractivity contribution >= 4 is 39.3 Å². The van der Waals surface area contributed by atoms with Crippen LogP contribution in [-0.4, -0.2) is 10.5 Å². The molecule has 0 saturated heterocycles. The van der Waals surface area contributed by atoms with E-state index in [0.29, 0.717) is 11.5 Å². The van der Waals surface area contributed by atoms with Crippen molar-refractivity contribution in [2.24, 2.45) is 11.7 Å². The number of primary amides is 1. The first-order valence-electron chi connectivity index (χ1n) is 8.66. The molecule has 0 bridgehead atoms. The van der Waals surface area contributed by atoms with E-state index in [1.165, 1.54) is 32.1 Å². The van der Waals surface area contributed by atoms with Crippen LogP contribution in [0.5, 0.6) is 0 Å². The molecule has 1 heterocycles. The van der Waals surface area contributed by atoms with Crippen LogP contribution in [0.15, 0.2) is 36.4 Å². The van der Waals surface area contributed by atoms with E-state index < -0.39 is 5.91 Å². The summed E-state index contributed by atoms with van der Waals surface area (Å²) in [5.74, 6) is 0.281. The number of hydrogen-bond acceptors (Lipinski definition) is 1. The predicted molar refractivity (Wildman–Crippen MR) is 99.5 cm³/mol. The van der Waals surface area contributed by atoms with Gasteiger partial charge >= 0.3 is 0 Å². The quantitative estimate of drug-likeness (QED) is 0.706. The fraction of sp³-hybridized carbons (Fsp3) is 0.350. The van der Waals surface area contributed by atoms with Crippen molar-refractivity contribution in [3.63, 3.8) is 0 Å². The zero-order valence-corrected chi connectivity index (χ0v) is 14.4. The maximum absolute atomic E-state index is 11.9. The van der Waals surface area contributed by atoms with E-state index in [-0.39, 0.29) is 0 Å². The molecule has 0 radical (unpaired) electrons. The molecule has 0 spiro atoms. The van der Waals surface area contributed by atoms with E-state index in [1.54, 1.807) is 6.07 Å². The highest BCUT2D eigenvalue weighted by Gasteiger charge is 2.21. The van der Waals surface area contributed by atoms with E-state index in [2.05, 4.69) is 10.6 Å². The molecule has 0 atom stereocenters. The molecule has 3 aromatic rings. The topological polar surface area (TPSA) is 48.0 Å². The molecule has 1 aromatic heterocycles. The molecule has 1 aliphatic rings. The van der Waals surface area contributed by atoms with Gasteiger partial charge in [-0.25, -0.2) is 0 Å². The first kappa shape index (κ1) is 15.5. The van der Waals surface area contributed by atoms with Gasteiger partial charge in [0, 0.05) is 28.4 Å². The third-order valence-electron chi connectivity index (χ3n) is 5.29. The van der Waals surface area contributed by atoms with Gasteiger partial charge in [0.15, 0.2) is 0 Å². The monoisotopic (exact) mass is 340 g/mol. The third kappa shape index (κ3) is 2.48. The van der Waals surface area contributed by atoms with E-state index in [0.717, 1.165) is 33.4 Å². The van der Waals surface area contributed by atoms with Gasteiger partial charge in [0.1, 0.15) is 0 Å². The number of halogens is 1. The van der Waals surface area contributed by atoms with Crippen molar-refractivity contribution in [3.8, 4) is 0 Å². The maximum Gasteiger partial charge on any atom is 0.249 e. The molecular formula is C20H21ClN2O. The van der Waals surface area contributed by atoms with Gasteiger partial charge in [-0.2, -0.15) is 0 Å². The number of amides is 1. The molecule has 2 N–H and O–H groups in total. The molecule has 2 aromatic carbocycles. The van der Waals surface area contributed by atoms with E-state index in [1.807, 2.05) is 24.3 Å². The summed E-state index contributed by atoms with van der Waals surface area (Å²) in [6, 6.07) is 11.7. The van der Waals surface area contributed by atoms with Crippen LogP contribution in [0.3, 0.4) is 0 Å². The molecule has 0 aliphatic heterocycles. The largest absolute Gasteiger partial charge is 0.366 e. The molecule has 1 amide bonds. The molecule has 24 heavy (non-hydrogen) atoms. The second kappa shape index (κ2) is 6.14. The number of nitrogens with two attached hydrogens (primary N) is 1. The normalized spacial score (nSPS) is 16.0. The minimum Gasteiger partial charge on any atom is -0.366 e. The summed E-state index contributed by atoms with van der Waals surface area (Å²) in [6.45, 7) is 0.950. The van der Waals surface area contributed by atoms with Gasteiger partial charge in [0.05, 0.1) is 10.5 Å². The first-order valence-corrected chi connectivity index (χ1v) is 9.04. The van der Waals surface area contributed by atoms with E-state index in [4.69, 9.17) is 17.3 Å². The van der Waals surface area contributed by atoms with Gasteiger partial charge in [-0.15, -0.1) is 0 Å². The van der Waals surface area contributed by atoms with Crippen LogP contribution >= 0.6 is 11.6 Å². The van der Waals surface area contributed by atoms with Crippen LogP contribution in [0.25, 0.3) is 21.8 Å². The van der Waals surface area contributed by atoms with Gasteiger partial charge in [0.25, 0.3) is 0 Å². The van der Waals surface area contributed by atoms with Gasteiger partial charge in [-0.1, -0.05) is 49.1 Å². The average Bonchev–Trinajstić information content (AvgIpc) is 2.91. The second-order valence-electron chi connectivity index (χ2n) is 6.81. The Labute approximate surface area is 146 Å². The Morgan fingerprint density at radius 2 is 1.88 bits per heavy atom. The third-order valence-corrected chi connectivity index (χ3v) is 5.60. The van der Waals surface area contributed by atoms with Gasteiger partial charge in [0.2, 0.25) is 5.91 Å². The number of carbonyl (C=O) groups excluding carboxylic acids is 1. The summed E-state index contributed by atoms with van der Waals surface area (Å²) in [5.41, 5.74) is 8.27. The summed E-state index contributed by atoms with van der Waals surface area (Å²) < 4.78 is 2.30. The summed E-state index contributed by atoms with van der Waals surface area (Å²) in [4.78, 5) is 11.9. The molecule has 1 fully saturated rings. The van der Waals surface area contributed by atoms with Crippen molar-refractivity contribution in [2.75, 3.05) is 0 Å². The lowest BCUT2D eigenvalue weighted by Crippen LogP contribution is -2.14. The van der Waals surface area contributed by atoms with Crippen molar-refractivity contribution in [3.05, 3.63) is 47.0 Å². The summed E-state index contributed by atoms with van der Waals surface area (Å²) in [7, 11) is 0. The Bertz CT molecular complexity index is 922. The highest BCUT2D eigenvalue weighted by atomic mass is 35.5. The van der Waals surface area contributed by atoms with Crippen LogP contribution < -0.4 is 5.73 Å². The molecular weight excluding hydrogens is 320 g/mol. The molecule has 3 nitrogen and oxygen atoms in total. The summed E-state index contributed by atoms with van der Waals surface area (Å²) in [5, 5.41) is 2.68. The van der Waals surface area contributed by atoms with Crippen LogP contribution in [0.2, 0.25) is 5.02 Å². The molecule has 1 saturated carbocycles. The lowest BCUT2D eigenvalue weighted by atomic mass is 9.89. The van der Waals surface area contributed by atoms with Crippen molar-refractivity contribution in [2.45, 2.75) is 38.6 Å². The number of hydrogen-bond donors (Lipinski definition) is 1. The SMILES string of the molecule is NC(=O)c1cccc2c1c1cccc(Cl)c1n2CC1CCCCC1. The maximum atomic E-state index is 11.9. The number of para-hydroxylation sites is 1. The smallest absolute Gasteiger partial charge is 0.249 e. The highest BCUT2D eigenvalue weighted by Crippen LogP contribution is 2.37. The van der Waals surface area contributed by atoms with E-state index >= 15 is 0 Å². The molecule has 0 unspecified atom stereocenters. The molecule has 4 rings (SSSR count). The van der Waals surface area contributed by atoms with Crippen LogP contribution in [0.4, 0.5) is 0 Å². The fourth-order valence-electron chi connectivity index (χ4n) is 4.18.